The molecule has 0 amide bonds. The second-order valence-electron chi connectivity index (χ2n) is 28.2. The van der Waals surface area contributed by atoms with Crippen LogP contribution in [-0.2, 0) is 61.7 Å². The van der Waals surface area contributed by atoms with Crippen LogP contribution in [0.25, 0.3) is 0 Å². The molecule has 4 saturated carbocycles. The number of ether oxygens (including phenoxy) is 11. The Bertz CT molecular complexity index is 2410. The number of carbonyl (C=O) groups excluding carboxylic acids is 2. The maximum absolute atomic E-state index is 15.6. The maximum atomic E-state index is 15.6. The van der Waals surface area contributed by atoms with Gasteiger partial charge < -0.3 is 118 Å². The van der Waals surface area contributed by atoms with E-state index in [9.17, 15) is 71.2 Å². The van der Waals surface area contributed by atoms with Crippen molar-refractivity contribution in [1.82, 2.24) is 0 Å². The SMILES string of the molecule is COC(=O)[C@H]1O[C@@H](O[C@H]2CC[C@@]3(C)[C@H](CC[C@]4(C)[C@H]3CC=C3[C@H]5CC(C)(C)CC[C@]5(C(=O)O[C@@H]5OC[C@H](O)[C@H](O)[C@H]5O[C@@H]5O[C@@H](C)[C@H](O[C@@H]6OC[C@@H](O)[C@H](O)[C@H]6O)[C@@H](O[C@@H]6OC[C@](O)(CO)[C@H]6O)[C@H]5O)[C@H](O)C[C@]34C)C2(C)C)[C@H](O)[C@@H](O)[C@@H]1O. The molecule has 10 aliphatic rings. The molecule has 480 valence electrons. The van der Waals surface area contributed by atoms with E-state index in [-0.39, 0.29) is 35.5 Å². The maximum Gasteiger partial charge on any atom is 0.337 e. The Kier molecular flexibility index (Phi) is 17.9. The van der Waals surface area contributed by atoms with Gasteiger partial charge in [-0.1, -0.05) is 60.1 Å². The van der Waals surface area contributed by atoms with E-state index in [1.165, 1.54) is 6.92 Å². The predicted octanol–water partition coefficient (Wildman–Crippen LogP) is -2.11. The van der Waals surface area contributed by atoms with Gasteiger partial charge in [0.2, 0.25) is 6.29 Å². The lowest BCUT2D eigenvalue weighted by Gasteiger charge is -2.71. The minimum absolute atomic E-state index is 0.0823. The van der Waals surface area contributed by atoms with Gasteiger partial charge in [-0.25, -0.2) is 4.79 Å². The Labute approximate surface area is 488 Å². The fraction of sp³-hybridized carbons (Fsp3) is 0.931. The number of aliphatic hydroxyl groups excluding tert-OH is 12. The van der Waals surface area contributed by atoms with Crippen molar-refractivity contribution >= 4 is 11.9 Å². The largest absolute Gasteiger partial charge is 0.467 e. The average molecular weight is 1210 g/mol. The molecule has 10 rings (SSSR count). The molecule has 30 atom stereocenters. The van der Waals surface area contributed by atoms with E-state index in [4.69, 9.17) is 52.1 Å². The summed E-state index contributed by atoms with van der Waals surface area (Å²) >= 11 is 0. The van der Waals surface area contributed by atoms with Gasteiger partial charge in [-0.3, -0.25) is 4.79 Å². The van der Waals surface area contributed by atoms with Gasteiger partial charge in [0.1, 0.15) is 84.3 Å². The first kappa shape index (κ1) is 64.8. The Balaban J connectivity index is 0.897. The number of fused-ring (bicyclic) bond motifs is 7. The monoisotopic (exact) mass is 1200 g/mol. The molecule has 0 aromatic carbocycles. The zero-order valence-corrected chi connectivity index (χ0v) is 49.3. The third kappa shape index (κ3) is 10.4. The number of esters is 2. The van der Waals surface area contributed by atoms with Crippen molar-refractivity contribution in [3.63, 3.8) is 0 Å². The summed E-state index contributed by atoms with van der Waals surface area (Å²) < 4.78 is 64.9. The summed E-state index contributed by atoms with van der Waals surface area (Å²) in [5.74, 6) is -2.07. The van der Waals surface area contributed by atoms with E-state index in [2.05, 4.69) is 54.5 Å². The normalized spacial score (nSPS) is 53.5. The molecule has 26 nitrogen and oxygen atoms in total. The van der Waals surface area contributed by atoms with Gasteiger partial charge in [0, 0.05) is 0 Å². The summed E-state index contributed by atoms with van der Waals surface area (Å²) in [6.07, 6.45) is -27.9. The van der Waals surface area contributed by atoms with E-state index < -0.39 is 207 Å². The van der Waals surface area contributed by atoms with Crippen LogP contribution in [0.2, 0.25) is 0 Å². The topological polar surface area (TPSA) is 399 Å². The summed E-state index contributed by atoms with van der Waals surface area (Å²) in [5, 5.41) is 143. The van der Waals surface area contributed by atoms with Crippen molar-refractivity contribution < 1.29 is 128 Å². The standard InChI is InChI=1S/C58H92O26/c1-24-40(80-46-37(67)33(63)27(60)20-75-46)41(81-50-44(70)57(73,22-59)23-77-50)39(69)48(78-24)83-43-34(64)28(61)21-76-49(43)84-51(72)58-17-16-52(2,3)18-26(58)25-10-11-30-54(6)14-13-32(79-47-38(68)35(65)36(66)42(82-47)45(71)74-9)53(4,5)29(54)12-15-55(30,7)56(25,8)19-31(58)62/h10,24,26-44,46-50,59-70,73H,11-23H2,1-9H3/t24-,26+,27+,28-,29+,30-,31+,32-,33-,34-,35-,36-,37+,38+,39+,40-,41-,42-,43+,44-,46-,47+,48-,49-,50-,54-,55+,56+,57+,58+/m0/s1. The van der Waals surface area contributed by atoms with E-state index >= 15 is 4.79 Å². The van der Waals surface area contributed by atoms with Gasteiger partial charge >= 0.3 is 11.9 Å². The highest BCUT2D eigenvalue weighted by molar-refractivity contribution is 5.80. The molecule has 0 aromatic rings. The molecule has 0 unspecified atom stereocenters. The van der Waals surface area contributed by atoms with Crippen molar-refractivity contribution in [1.29, 1.82) is 0 Å². The molecular weight excluding hydrogens is 1110 g/mol. The van der Waals surface area contributed by atoms with Crippen LogP contribution in [0.15, 0.2) is 11.6 Å². The first-order chi connectivity index (χ1) is 39.2. The summed E-state index contributed by atoms with van der Waals surface area (Å²) in [6.45, 7) is 14.4. The lowest BCUT2D eigenvalue weighted by atomic mass is 9.33. The van der Waals surface area contributed by atoms with E-state index in [1.807, 2.05) is 0 Å². The Morgan fingerprint density at radius 2 is 1.26 bits per heavy atom. The number of allylic oxidation sites excluding steroid dienone is 2. The van der Waals surface area contributed by atoms with Crippen LogP contribution in [0.1, 0.15) is 113 Å². The molecule has 5 aliphatic heterocycles. The predicted molar refractivity (Wildman–Crippen MR) is 282 cm³/mol. The quantitative estimate of drug-likeness (QED) is 0.0565. The van der Waals surface area contributed by atoms with Gasteiger partial charge in [0.15, 0.2) is 37.4 Å². The molecule has 0 radical (unpaired) electrons. The van der Waals surface area contributed by atoms with Crippen molar-refractivity contribution in [2.75, 3.05) is 33.5 Å². The number of carbonyl (C=O) groups is 2. The van der Waals surface area contributed by atoms with Crippen LogP contribution >= 0.6 is 0 Å². The average Bonchev–Trinajstić information content (AvgIpc) is 0.760. The number of methoxy groups -OCH3 is 1. The van der Waals surface area contributed by atoms with Crippen LogP contribution < -0.4 is 0 Å². The highest BCUT2D eigenvalue weighted by atomic mass is 16.8. The lowest BCUT2D eigenvalue weighted by molar-refractivity contribution is -0.381. The highest BCUT2D eigenvalue weighted by Gasteiger charge is 2.72. The molecule has 84 heavy (non-hydrogen) atoms. The molecule has 0 spiro atoms. The van der Waals surface area contributed by atoms with Crippen LogP contribution in [0.3, 0.4) is 0 Å². The second-order valence-corrected chi connectivity index (χ2v) is 28.2. The van der Waals surface area contributed by atoms with E-state index in [1.54, 1.807) is 0 Å². The van der Waals surface area contributed by atoms with Gasteiger partial charge in [-0.2, -0.15) is 0 Å². The van der Waals surface area contributed by atoms with Crippen LogP contribution in [0.5, 0.6) is 0 Å². The van der Waals surface area contributed by atoms with Crippen molar-refractivity contribution in [3.05, 3.63) is 11.6 Å². The second kappa shape index (κ2) is 23.2. The van der Waals surface area contributed by atoms with Crippen LogP contribution in [0.4, 0.5) is 0 Å². The first-order valence-electron chi connectivity index (χ1n) is 29.8. The van der Waals surface area contributed by atoms with Gasteiger partial charge in [-0.05, 0) is 110 Å². The molecule has 5 heterocycles. The number of hydrogen-bond acceptors (Lipinski definition) is 26. The fourth-order valence-electron chi connectivity index (χ4n) is 17.3. The fourth-order valence-corrected chi connectivity index (χ4v) is 17.3. The summed E-state index contributed by atoms with van der Waals surface area (Å²) in [5.41, 5.74) is -4.73. The Morgan fingerprint density at radius 1 is 0.631 bits per heavy atom. The van der Waals surface area contributed by atoms with Crippen LogP contribution in [0, 0.1) is 50.2 Å². The minimum atomic E-state index is -2.17. The summed E-state index contributed by atoms with van der Waals surface area (Å²) in [6, 6.07) is 0. The first-order valence-corrected chi connectivity index (χ1v) is 29.8. The van der Waals surface area contributed by atoms with Crippen molar-refractivity contribution in [2.45, 2.75) is 254 Å². The number of rotatable bonds is 12. The van der Waals surface area contributed by atoms with Gasteiger partial charge in [-0.15, -0.1) is 0 Å². The molecule has 0 bridgehead atoms. The zero-order chi connectivity index (χ0) is 61.3. The van der Waals surface area contributed by atoms with E-state index in [0.29, 0.717) is 32.1 Å². The highest BCUT2D eigenvalue weighted by Crippen LogP contribution is 2.76. The third-order valence-electron chi connectivity index (χ3n) is 22.6. The molecule has 13 N–H and O–H groups in total. The molecule has 5 aliphatic carbocycles. The molecule has 9 fully saturated rings. The van der Waals surface area contributed by atoms with Gasteiger partial charge in [0.05, 0.1) is 51.8 Å². The molecule has 5 saturated heterocycles. The smallest absolute Gasteiger partial charge is 0.337 e. The van der Waals surface area contributed by atoms with Crippen molar-refractivity contribution in [2.24, 2.45) is 50.2 Å². The van der Waals surface area contributed by atoms with E-state index in [0.717, 1.165) is 25.5 Å². The van der Waals surface area contributed by atoms with Gasteiger partial charge in [0.25, 0.3) is 0 Å². The minimum Gasteiger partial charge on any atom is -0.467 e. The molecule has 26 heteroatoms. The zero-order valence-electron chi connectivity index (χ0n) is 49.3. The number of aliphatic hydroxyl groups is 13. The number of hydrogen-bond donors (Lipinski definition) is 13. The Morgan fingerprint density at radius 3 is 1.93 bits per heavy atom. The summed E-state index contributed by atoms with van der Waals surface area (Å²) in [7, 11) is 1.13. The molecular formula is C58H92O26. The third-order valence-corrected chi connectivity index (χ3v) is 22.6. The van der Waals surface area contributed by atoms with Crippen LogP contribution in [-0.4, -0.2) is 253 Å². The van der Waals surface area contributed by atoms with Crippen molar-refractivity contribution in [3.8, 4) is 0 Å². The lowest BCUT2D eigenvalue weighted by Crippen LogP contribution is -2.68. The molecule has 0 aromatic heterocycles. The summed E-state index contributed by atoms with van der Waals surface area (Å²) in [4.78, 5) is 28.1. The Hall–Kier alpha value is -2.20.